The summed E-state index contributed by atoms with van der Waals surface area (Å²) in [5.41, 5.74) is 2.58. The molecule has 0 saturated carbocycles. The molecule has 3 rings (SSSR count). The third-order valence-electron chi connectivity index (χ3n) is 3.98. The fraction of sp³-hybridized carbons (Fsp3) is 0.500. The first-order chi connectivity index (χ1) is 8.31. The third kappa shape index (κ3) is 1.65. The van der Waals surface area contributed by atoms with Crippen molar-refractivity contribution in [1.82, 2.24) is 10.2 Å². The Bertz CT molecular complexity index is 440. The molecule has 1 aromatic rings. The second-order valence-electron chi connectivity index (χ2n) is 4.89. The number of hydrogen-bond donors (Lipinski definition) is 1. The van der Waals surface area contributed by atoms with E-state index in [4.69, 9.17) is 0 Å². The van der Waals surface area contributed by atoms with Gasteiger partial charge in [0.05, 0.1) is 12.0 Å². The summed E-state index contributed by atoms with van der Waals surface area (Å²) in [5.74, 6) is 0.435. The lowest BCUT2D eigenvalue weighted by atomic mass is 9.76. The molecule has 3 nitrogen and oxygen atoms in total. The number of nitrogens with zero attached hydrogens (tertiary/aromatic N) is 1. The Kier molecular flexibility index (Phi) is 2.63. The molecule has 0 radical (unpaired) electrons. The minimum atomic E-state index is 0.117. The Morgan fingerprint density at radius 1 is 1.41 bits per heavy atom. The highest BCUT2D eigenvalue weighted by Crippen LogP contribution is 2.36. The molecule has 1 fully saturated rings. The van der Waals surface area contributed by atoms with Crippen molar-refractivity contribution in [1.29, 1.82) is 0 Å². The van der Waals surface area contributed by atoms with E-state index in [0.717, 1.165) is 26.1 Å². The van der Waals surface area contributed by atoms with Crippen LogP contribution in [-0.2, 0) is 11.2 Å². The van der Waals surface area contributed by atoms with Gasteiger partial charge >= 0.3 is 0 Å². The second kappa shape index (κ2) is 4.15. The van der Waals surface area contributed by atoms with E-state index in [-0.39, 0.29) is 5.92 Å². The van der Waals surface area contributed by atoms with Crippen LogP contribution in [0.1, 0.15) is 24.0 Å². The summed E-state index contributed by atoms with van der Waals surface area (Å²) in [5, 5.41) is 3.23. The fourth-order valence-electron chi connectivity index (χ4n) is 2.77. The van der Waals surface area contributed by atoms with E-state index in [0.29, 0.717) is 11.9 Å². The van der Waals surface area contributed by atoms with Crippen LogP contribution in [0, 0.1) is 0 Å². The van der Waals surface area contributed by atoms with Crippen molar-refractivity contribution in [3.8, 4) is 0 Å². The maximum atomic E-state index is 12.5. The zero-order chi connectivity index (χ0) is 11.8. The molecule has 2 aliphatic rings. The lowest BCUT2D eigenvalue weighted by molar-refractivity contribution is -0.136. The van der Waals surface area contributed by atoms with E-state index >= 15 is 0 Å². The molecule has 1 amide bonds. The molecule has 1 saturated heterocycles. The van der Waals surface area contributed by atoms with Gasteiger partial charge in [-0.15, -0.1) is 0 Å². The lowest BCUT2D eigenvalue weighted by Gasteiger charge is -2.41. The summed E-state index contributed by atoms with van der Waals surface area (Å²) >= 11 is 0. The fourth-order valence-corrected chi connectivity index (χ4v) is 2.77. The third-order valence-corrected chi connectivity index (χ3v) is 3.98. The number of benzene rings is 1. The largest absolute Gasteiger partial charge is 0.337 e. The van der Waals surface area contributed by atoms with Crippen molar-refractivity contribution in [3.05, 3.63) is 35.4 Å². The molecule has 90 valence electrons. The first-order valence-corrected chi connectivity index (χ1v) is 6.40. The second-order valence-corrected chi connectivity index (χ2v) is 4.89. The number of hydrogen-bond acceptors (Lipinski definition) is 2. The number of amides is 1. The number of fused-ring (bicyclic) bond motifs is 1. The first-order valence-electron chi connectivity index (χ1n) is 6.40. The SMILES string of the molecule is CCN(C(=O)C1Cc2ccccc21)C1CNC1. The van der Waals surface area contributed by atoms with Gasteiger partial charge in [-0.1, -0.05) is 24.3 Å². The van der Waals surface area contributed by atoms with Crippen molar-refractivity contribution in [2.75, 3.05) is 19.6 Å². The Balaban J connectivity index is 1.75. The van der Waals surface area contributed by atoms with E-state index in [9.17, 15) is 4.79 Å². The molecule has 0 aromatic heterocycles. The summed E-state index contributed by atoms with van der Waals surface area (Å²) in [4.78, 5) is 14.5. The summed E-state index contributed by atoms with van der Waals surface area (Å²) in [6.07, 6.45) is 0.922. The predicted molar refractivity (Wildman–Crippen MR) is 66.9 cm³/mol. The zero-order valence-electron chi connectivity index (χ0n) is 10.1. The van der Waals surface area contributed by atoms with Gasteiger partial charge in [-0.3, -0.25) is 4.79 Å². The van der Waals surface area contributed by atoms with Crippen molar-refractivity contribution in [2.24, 2.45) is 0 Å². The van der Waals surface area contributed by atoms with Crippen molar-refractivity contribution in [2.45, 2.75) is 25.3 Å². The standard InChI is InChI=1S/C14H18N2O/c1-2-16(11-8-15-9-11)14(17)13-7-10-5-3-4-6-12(10)13/h3-6,11,13,15H,2,7-9H2,1H3. The Labute approximate surface area is 102 Å². The Morgan fingerprint density at radius 3 is 2.76 bits per heavy atom. The van der Waals surface area contributed by atoms with Crippen LogP contribution in [0.3, 0.4) is 0 Å². The molecule has 1 unspecified atom stereocenters. The maximum absolute atomic E-state index is 12.5. The highest BCUT2D eigenvalue weighted by Gasteiger charge is 2.37. The molecule has 1 aromatic carbocycles. The minimum Gasteiger partial charge on any atom is -0.337 e. The average Bonchev–Trinajstić information content (AvgIpc) is 2.24. The number of rotatable bonds is 3. The number of carbonyl (C=O) groups excluding carboxylic acids is 1. The van der Waals surface area contributed by atoms with Gasteiger partial charge in [0.25, 0.3) is 0 Å². The van der Waals surface area contributed by atoms with Crippen LogP contribution < -0.4 is 5.32 Å². The molecule has 1 N–H and O–H groups in total. The molecular formula is C14H18N2O. The van der Waals surface area contributed by atoms with Gasteiger partial charge in [0, 0.05) is 19.6 Å². The summed E-state index contributed by atoms with van der Waals surface area (Å²) < 4.78 is 0. The summed E-state index contributed by atoms with van der Waals surface area (Å²) in [6.45, 7) is 4.80. The predicted octanol–water partition coefficient (Wildman–Crippen LogP) is 1.15. The number of likely N-dealkylation sites (N-methyl/N-ethyl adjacent to an activating group) is 1. The van der Waals surface area contributed by atoms with Gasteiger partial charge in [-0.2, -0.15) is 0 Å². The summed E-state index contributed by atoms with van der Waals surface area (Å²) in [6, 6.07) is 8.71. The lowest BCUT2D eigenvalue weighted by Crippen LogP contribution is -2.60. The van der Waals surface area contributed by atoms with E-state index in [1.807, 2.05) is 17.0 Å². The molecule has 0 spiro atoms. The van der Waals surface area contributed by atoms with Crippen LogP contribution in [-0.4, -0.2) is 36.5 Å². The average molecular weight is 230 g/mol. The Hall–Kier alpha value is -1.35. The highest BCUT2D eigenvalue weighted by atomic mass is 16.2. The molecular weight excluding hydrogens is 212 g/mol. The molecule has 17 heavy (non-hydrogen) atoms. The highest BCUT2D eigenvalue weighted by molar-refractivity contribution is 5.87. The molecule has 0 bridgehead atoms. The minimum absolute atomic E-state index is 0.117. The topological polar surface area (TPSA) is 32.3 Å². The van der Waals surface area contributed by atoms with Crippen molar-refractivity contribution in [3.63, 3.8) is 0 Å². The zero-order valence-corrected chi connectivity index (χ0v) is 10.1. The normalized spacial score (nSPS) is 22.3. The number of nitrogens with one attached hydrogen (secondary N) is 1. The van der Waals surface area contributed by atoms with Gasteiger partial charge < -0.3 is 10.2 Å². The van der Waals surface area contributed by atoms with Gasteiger partial charge in [-0.05, 0) is 24.5 Å². The van der Waals surface area contributed by atoms with Crippen molar-refractivity contribution >= 4 is 5.91 Å². The van der Waals surface area contributed by atoms with Gasteiger partial charge in [0.15, 0.2) is 0 Å². The van der Waals surface area contributed by atoms with Crippen molar-refractivity contribution < 1.29 is 4.79 Å². The number of carbonyl (C=O) groups is 1. The van der Waals surface area contributed by atoms with Crippen LogP contribution in [0.5, 0.6) is 0 Å². The van der Waals surface area contributed by atoms with E-state index < -0.39 is 0 Å². The molecule has 1 aliphatic heterocycles. The quantitative estimate of drug-likeness (QED) is 0.844. The van der Waals surface area contributed by atoms with E-state index in [1.54, 1.807) is 0 Å². The molecule has 1 aliphatic carbocycles. The monoisotopic (exact) mass is 230 g/mol. The maximum Gasteiger partial charge on any atom is 0.230 e. The van der Waals surface area contributed by atoms with Gasteiger partial charge in [0.2, 0.25) is 5.91 Å². The van der Waals surface area contributed by atoms with Gasteiger partial charge in [-0.25, -0.2) is 0 Å². The first kappa shape index (κ1) is 10.8. The van der Waals surface area contributed by atoms with Crippen LogP contribution in [0.25, 0.3) is 0 Å². The van der Waals surface area contributed by atoms with Crippen LogP contribution >= 0.6 is 0 Å². The smallest absolute Gasteiger partial charge is 0.230 e. The van der Waals surface area contributed by atoms with Gasteiger partial charge in [0.1, 0.15) is 0 Å². The molecule has 1 heterocycles. The van der Waals surface area contributed by atoms with Crippen LogP contribution in [0.4, 0.5) is 0 Å². The molecule has 1 atom stereocenters. The van der Waals surface area contributed by atoms with E-state index in [2.05, 4.69) is 24.4 Å². The molecule has 3 heteroatoms. The Morgan fingerprint density at radius 2 is 2.18 bits per heavy atom. The van der Waals surface area contributed by atoms with E-state index in [1.165, 1.54) is 11.1 Å². The van der Waals surface area contributed by atoms with Crippen LogP contribution in [0.2, 0.25) is 0 Å². The summed E-state index contributed by atoms with van der Waals surface area (Å²) in [7, 11) is 0. The van der Waals surface area contributed by atoms with Crippen LogP contribution in [0.15, 0.2) is 24.3 Å².